The third-order valence-corrected chi connectivity index (χ3v) is 4.26. The summed E-state index contributed by atoms with van der Waals surface area (Å²) in [5, 5.41) is 7.98. The Balaban J connectivity index is 1.66. The number of nitrogens with one attached hydrogen (secondary N) is 1. The number of benzene rings is 1. The van der Waals surface area contributed by atoms with Gasteiger partial charge in [0.1, 0.15) is 11.5 Å². The highest BCUT2D eigenvalue weighted by atomic mass is 32.2. The van der Waals surface area contributed by atoms with Crippen molar-refractivity contribution in [2.45, 2.75) is 24.2 Å². The molecule has 0 aromatic heterocycles. The number of hydrazone groups is 1. The number of hydrogen-bond donors (Lipinski definition) is 1. The van der Waals surface area contributed by atoms with E-state index in [1.165, 1.54) is 17.1 Å². The Labute approximate surface area is 132 Å². The Hall–Kier alpha value is -1.89. The Bertz CT molecular complexity index is 575. The normalized spacial score (nSPS) is 14.7. The summed E-state index contributed by atoms with van der Waals surface area (Å²) in [6.07, 6.45) is 1.51. The van der Waals surface area contributed by atoms with E-state index < -0.39 is 0 Å². The van der Waals surface area contributed by atoms with Crippen LogP contribution in [0, 0.1) is 5.82 Å². The summed E-state index contributed by atoms with van der Waals surface area (Å²) < 4.78 is 12.8. The van der Waals surface area contributed by atoms with Crippen molar-refractivity contribution in [1.29, 1.82) is 0 Å². The second kappa shape index (κ2) is 7.93. The lowest BCUT2D eigenvalue weighted by molar-refractivity contribution is -0.130. The maximum absolute atomic E-state index is 12.8. The molecule has 1 aliphatic rings. The van der Waals surface area contributed by atoms with E-state index in [1.54, 1.807) is 30.9 Å². The van der Waals surface area contributed by atoms with Crippen molar-refractivity contribution in [1.82, 2.24) is 10.3 Å². The van der Waals surface area contributed by atoms with Crippen LogP contribution in [0.4, 0.5) is 4.39 Å². The lowest BCUT2D eigenvalue weighted by Crippen LogP contribution is -2.38. The maximum Gasteiger partial charge on any atom is 0.267 e. The van der Waals surface area contributed by atoms with Crippen LogP contribution in [0.5, 0.6) is 0 Å². The maximum atomic E-state index is 12.8. The van der Waals surface area contributed by atoms with E-state index in [0.717, 1.165) is 17.1 Å². The third-order valence-electron chi connectivity index (χ3n) is 3.16. The Morgan fingerprint density at radius 2 is 2.09 bits per heavy atom. The molecule has 118 valence electrons. The molecule has 2 amide bonds. The number of rotatable bonds is 6. The Morgan fingerprint density at radius 1 is 1.36 bits per heavy atom. The van der Waals surface area contributed by atoms with Gasteiger partial charge in [0.05, 0.1) is 0 Å². The van der Waals surface area contributed by atoms with Gasteiger partial charge in [-0.25, -0.2) is 9.40 Å². The molecule has 1 heterocycles. The van der Waals surface area contributed by atoms with E-state index in [2.05, 4.69) is 10.4 Å². The molecule has 1 aromatic rings. The van der Waals surface area contributed by atoms with Crippen LogP contribution in [0.15, 0.2) is 34.3 Å². The fourth-order valence-electron chi connectivity index (χ4n) is 1.93. The van der Waals surface area contributed by atoms with Crippen molar-refractivity contribution in [3.05, 3.63) is 30.1 Å². The molecular formula is C15H18FN3O2S. The minimum absolute atomic E-state index is 0.0766. The van der Waals surface area contributed by atoms with Gasteiger partial charge in [-0.05, 0) is 36.4 Å². The van der Waals surface area contributed by atoms with Gasteiger partial charge in [0.2, 0.25) is 5.91 Å². The molecule has 0 saturated heterocycles. The van der Waals surface area contributed by atoms with Gasteiger partial charge in [0, 0.05) is 31.3 Å². The molecule has 0 saturated carbocycles. The third kappa shape index (κ3) is 4.84. The van der Waals surface area contributed by atoms with Crippen LogP contribution in [-0.2, 0) is 9.59 Å². The highest BCUT2D eigenvalue weighted by Crippen LogP contribution is 2.18. The SMILES string of the molecule is CN1N=C(C(=O)NCCCSc2ccc(F)cc2)CCC1=O. The number of halogens is 1. The molecule has 2 rings (SSSR count). The number of carbonyl (C=O) groups excluding carboxylic acids is 2. The van der Waals surface area contributed by atoms with Crippen LogP contribution in [0.3, 0.4) is 0 Å². The van der Waals surface area contributed by atoms with Gasteiger partial charge in [0.15, 0.2) is 0 Å². The van der Waals surface area contributed by atoms with Crippen LogP contribution >= 0.6 is 11.8 Å². The first-order chi connectivity index (χ1) is 10.6. The Kier molecular flexibility index (Phi) is 5.94. The smallest absolute Gasteiger partial charge is 0.267 e. The van der Waals surface area contributed by atoms with E-state index >= 15 is 0 Å². The summed E-state index contributed by atoms with van der Waals surface area (Å²) in [7, 11) is 1.55. The Morgan fingerprint density at radius 3 is 2.77 bits per heavy atom. The molecule has 0 atom stereocenters. The van der Waals surface area contributed by atoms with Gasteiger partial charge in [-0.2, -0.15) is 5.10 Å². The first-order valence-electron chi connectivity index (χ1n) is 7.07. The van der Waals surface area contributed by atoms with Crippen molar-refractivity contribution in [3.63, 3.8) is 0 Å². The zero-order chi connectivity index (χ0) is 15.9. The summed E-state index contributed by atoms with van der Waals surface area (Å²) in [5.74, 6) is 0.295. The highest BCUT2D eigenvalue weighted by molar-refractivity contribution is 7.99. The fourth-order valence-corrected chi connectivity index (χ4v) is 2.78. The van der Waals surface area contributed by atoms with Crippen LogP contribution in [0.1, 0.15) is 19.3 Å². The minimum atomic E-state index is -0.242. The van der Waals surface area contributed by atoms with Gasteiger partial charge >= 0.3 is 0 Å². The predicted molar refractivity (Wildman–Crippen MR) is 84.2 cm³/mol. The molecule has 7 heteroatoms. The number of carbonyl (C=O) groups is 2. The molecule has 5 nitrogen and oxygen atoms in total. The van der Waals surface area contributed by atoms with Crippen LogP contribution in [0.25, 0.3) is 0 Å². The topological polar surface area (TPSA) is 61.8 Å². The number of thioether (sulfide) groups is 1. The standard InChI is InChI=1S/C15H18FN3O2S/c1-19-14(20)8-7-13(18-19)15(21)17-9-2-10-22-12-5-3-11(16)4-6-12/h3-6H,2,7-10H2,1H3,(H,17,21). The van der Waals surface area contributed by atoms with Crippen LogP contribution in [-0.4, -0.2) is 41.9 Å². The summed E-state index contributed by atoms with van der Waals surface area (Å²) in [5.41, 5.74) is 0.397. The molecule has 0 fully saturated rings. The van der Waals surface area contributed by atoms with Crippen molar-refractivity contribution in [2.24, 2.45) is 5.10 Å². The summed E-state index contributed by atoms with van der Waals surface area (Å²) in [6.45, 7) is 0.545. The summed E-state index contributed by atoms with van der Waals surface area (Å²) >= 11 is 1.62. The first kappa shape index (κ1) is 16.5. The highest BCUT2D eigenvalue weighted by Gasteiger charge is 2.21. The molecule has 1 N–H and O–H groups in total. The van der Waals surface area contributed by atoms with Gasteiger partial charge in [-0.3, -0.25) is 9.59 Å². The quantitative estimate of drug-likeness (QED) is 0.644. The largest absolute Gasteiger partial charge is 0.351 e. The van der Waals surface area contributed by atoms with Gasteiger partial charge in [-0.15, -0.1) is 11.8 Å². The second-order valence-corrected chi connectivity index (χ2v) is 6.04. The lowest BCUT2D eigenvalue weighted by Gasteiger charge is -2.18. The predicted octanol–water partition coefficient (Wildman–Crippen LogP) is 2.03. The number of nitrogens with zero attached hydrogens (tertiary/aromatic N) is 2. The molecular weight excluding hydrogens is 305 g/mol. The molecule has 0 spiro atoms. The second-order valence-electron chi connectivity index (χ2n) is 4.88. The first-order valence-corrected chi connectivity index (χ1v) is 8.05. The zero-order valence-corrected chi connectivity index (χ0v) is 13.2. The molecule has 22 heavy (non-hydrogen) atoms. The van der Waals surface area contributed by atoms with Crippen LogP contribution < -0.4 is 5.32 Å². The van der Waals surface area contributed by atoms with E-state index in [0.29, 0.717) is 25.1 Å². The van der Waals surface area contributed by atoms with Crippen molar-refractivity contribution in [2.75, 3.05) is 19.3 Å². The van der Waals surface area contributed by atoms with E-state index in [4.69, 9.17) is 0 Å². The fraction of sp³-hybridized carbons (Fsp3) is 0.400. The minimum Gasteiger partial charge on any atom is -0.351 e. The zero-order valence-electron chi connectivity index (χ0n) is 12.3. The summed E-state index contributed by atoms with van der Waals surface area (Å²) in [4.78, 5) is 24.2. The molecule has 0 radical (unpaired) electrons. The lowest BCUT2D eigenvalue weighted by atomic mass is 10.1. The van der Waals surface area contributed by atoms with Crippen molar-refractivity contribution in [3.8, 4) is 0 Å². The molecule has 1 aliphatic heterocycles. The van der Waals surface area contributed by atoms with Crippen molar-refractivity contribution < 1.29 is 14.0 Å². The van der Waals surface area contributed by atoms with Gasteiger partial charge in [0.25, 0.3) is 5.91 Å². The molecule has 1 aromatic carbocycles. The number of amides is 2. The van der Waals surface area contributed by atoms with Gasteiger partial charge in [-0.1, -0.05) is 0 Å². The van der Waals surface area contributed by atoms with Crippen molar-refractivity contribution >= 4 is 29.3 Å². The summed E-state index contributed by atoms with van der Waals surface area (Å²) in [6, 6.07) is 6.34. The molecule has 0 aliphatic carbocycles. The van der Waals surface area contributed by atoms with E-state index in [1.807, 2.05) is 0 Å². The monoisotopic (exact) mass is 323 g/mol. The van der Waals surface area contributed by atoms with E-state index in [-0.39, 0.29) is 17.6 Å². The molecule has 0 unspecified atom stereocenters. The number of hydrogen-bond acceptors (Lipinski definition) is 4. The molecule has 0 bridgehead atoms. The van der Waals surface area contributed by atoms with Gasteiger partial charge < -0.3 is 5.32 Å². The average molecular weight is 323 g/mol. The van der Waals surface area contributed by atoms with Crippen LogP contribution in [0.2, 0.25) is 0 Å². The average Bonchev–Trinajstić information content (AvgIpc) is 2.51. The van der Waals surface area contributed by atoms with E-state index in [9.17, 15) is 14.0 Å².